The maximum Gasteiger partial charge on any atom is 0.254 e. The topological polar surface area (TPSA) is 43.1 Å². The Kier molecular flexibility index (Phi) is 2.84. The highest BCUT2D eigenvalue weighted by Gasteiger charge is 2.16. The molecule has 0 aliphatic heterocycles. The van der Waals surface area contributed by atoms with Crippen molar-refractivity contribution >= 4 is 5.91 Å². The van der Waals surface area contributed by atoms with Crippen molar-refractivity contribution < 1.29 is 13.6 Å². The van der Waals surface area contributed by atoms with Crippen LogP contribution in [0.25, 0.3) is 0 Å². The van der Waals surface area contributed by atoms with Crippen molar-refractivity contribution in [2.75, 3.05) is 0 Å². The largest absolute Gasteiger partial charge is 0.365 e. The van der Waals surface area contributed by atoms with Gasteiger partial charge in [0.15, 0.2) is 0 Å². The SMILES string of the molecule is CC(C)c1cc(F)c(C(N)=O)c(F)c1. The molecule has 1 aromatic carbocycles. The highest BCUT2D eigenvalue weighted by molar-refractivity contribution is 5.93. The fourth-order valence-corrected chi connectivity index (χ4v) is 1.16. The number of nitrogens with two attached hydrogens (primary N) is 1. The lowest BCUT2D eigenvalue weighted by Crippen LogP contribution is -2.16. The van der Waals surface area contributed by atoms with E-state index in [1.54, 1.807) is 13.8 Å². The number of carbonyl (C=O) groups excluding carboxylic acids is 1. The van der Waals surface area contributed by atoms with Gasteiger partial charge in [0.1, 0.15) is 17.2 Å². The molecule has 76 valence electrons. The van der Waals surface area contributed by atoms with E-state index < -0.39 is 23.1 Å². The van der Waals surface area contributed by atoms with Crippen LogP contribution in [0, 0.1) is 11.6 Å². The standard InChI is InChI=1S/C10H11F2NO/c1-5(2)6-3-7(11)9(10(13)14)8(12)4-6/h3-5H,1-2H3,(H2,13,14). The van der Waals surface area contributed by atoms with Crippen molar-refractivity contribution in [2.45, 2.75) is 19.8 Å². The predicted molar refractivity (Wildman–Crippen MR) is 49.0 cm³/mol. The molecule has 0 unspecified atom stereocenters. The van der Waals surface area contributed by atoms with Gasteiger partial charge in [-0.05, 0) is 23.6 Å². The summed E-state index contributed by atoms with van der Waals surface area (Å²) in [5.74, 6) is -2.89. The number of amides is 1. The first-order chi connectivity index (χ1) is 6.43. The van der Waals surface area contributed by atoms with Crippen molar-refractivity contribution in [3.05, 3.63) is 34.9 Å². The molecule has 0 saturated carbocycles. The summed E-state index contributed by atoms with van der Waals surface area (Å²) in [6.45, 7) is 3.61. The predicted octanol–water partition coefficient (Wildman–Crippen LogP) is 2.19. The summed E-state index contributed by atoms with van der Waals surface area (Å²) in [6.07, 6.45) is 0. The van der Waals surface area contributed by atoms with Crippen molar-refractivity contribution in [3.8, 4) is 0 Å². The molecule has 0 spiro atoms. The summed E-state index contributed by atoms with van der Waals surface area (Å²) < 4.78 is 26.4. The van der Waals surface area contributed by atoms with Gasteiger partial charge >= 0.3 is 0 Å². The average molecular weight is 199 g/mol. The van der Waals surface area contributed by atoms with Gasteiger partial charge in [-0.2, -0.15) is 0 Å². The molecule has 0 radical (unpaired) electrons. The average Bonchev–Trinajstić information content (AvgIpc) is 2.01. The lowest BCUT2D eigenvalue weighted by atomic mass is 10.0. The van der Waals surface area contributed by atoms with Crippen molar-refractivity contribution in [1.82, 2.24) is 0 Å². The molecule has 14 heavy (non-hydrogen) atoms. The van der Waals surface area contributed by atoms with Crippen LogP contribution in [0.3, 0.4) is 0 Å². The van der Waals surface area contributed by atoms with Gasteiger partial charge in [-0.3, -0.25) is 4.79 Å². The molecular formula is C10H11F2NO. The van der Waals surface area contributed by atoms with E-state index in [1.165, 1.54) is 0 Å². The Hall–Kier alpha value is -1.45. The lowest BCUT2D eigenvalue weighted by molar-refractivity contribution is 0.0992. The molecule has 1 aromatic rings. The van der Waals surface area contributed by atoms with Crippen LogP contribution in [0.15, 0.2) is 12.1 Å². The third-order valence-corrected chi connectivity index (χ3v) is 1.98. The third kappa shape index (κ3) is 1.89. The zero-order valence-corrected chi connectivity index (χ0v) is 7.97. The van der Waals surface area contributed by atoms with E-state index in [0.29, 0.717) is 5.56 Å². The van der Waals surface area contributed by atoms with Gasteiger partial charge in [0, 0.05) is 0 Å². The minimum Gasteiger partial charge on any atom is -0.365 e. The molecule has 2 nitrogen and oxygen atoms in total. The molecular weight excluding hydrogens is 188 g/mol. The minimum absolute atomic E-state index is 0.000858. The number of halogens is 2. The molecule has 0 aromatic heterocycles. The zero-order valence-electron chi connectivity index (χ0n) is 7.97. The fraction of sp³-hybridized carbons (Fsp3) is 0.300. The maximum atomic E-state index is 13.2. The Bertz CT molecular complexity index is 351. The van der Waals surface area contributed by atoms with Crippen LogP contribution >= 0.6 is 0 Å². The third-order valence-electron chi connectivity index (χ3n) is 1.98. The highest BCUT2D eigenvalue weighted by Crippen LogP contribution is 2.20. The zero-order chi connectivity index (χ0) is 10.9. The Morgan fingerprint density at radius 1 is 1.29 bits per heavy atom. The molecule has 0 aliphatic rings. The molecule has 0 fully saturated rings. The number of rotatable bonds is 2. The molecule has 0 aliphatic carbocycles. The van der Waals surface area contributed by atoms with Gasteiger partial charge in [0.2, 0.25) is 0 Å². The van der Waals surface area contributed by atoms with E-state index in [2.05, 4.69) is 0 Å². The van der Waals surface area contributed by atoms with Crippen LogP contribution in [0.5, 0.6) is 0 Å². The molecule has 0 saturated heterocycles. The maximum absolute atomic E-state index is 13.2. The van der Waals surface area contributed by atoms with Gasteiger partial charge < -0.3 is 5.73 Å². The summed E-state index contributed by atoms with van der Waals surface area (Å²) in [6, 6.07) is 2.27. The van der Waals surface area contributed by atoms with Gasteiger partial charge in [0.05, 0.1) is 0 Å². The second kappa shape index (κ2) is 3.74. The number of carbonyl (C=O) groups is 1. The molecule has 2 N–H and O–H groups in total. The number of hydrogen-bond donors (Lipinski definition) is 1. The van der Waals surface area contributed by atoms with Crippen LogP contribution in [0.4, 0.5) is 8.78 Å². The smallest absolute Gasteiger partial charge is 0.254 e. The van der Waals surface area contributed by atoms with E-state index in [4.69, 9.17) is 5.73 Å². The Morgan fingerprint density at radius 3 is 2.00 bits per heavy atom. The van der Waals surface area contributed by atoms with Crippen LogP contribution in [-0.2, 0) is 0 Å². The van der Waals surface area contributed by atoms with Gasteiger partial charge in [-0.15, -0.1) is 0 Å². The summed E-state index contributed by atoms with van der Waals surface area (Å²) >= 11 is 0. The van der Waals surface area contributed by atoms with E-state index in [0.717, 1.165) is 12.1 Å². The van der Waals surface area contributed by atoms with Crippen LogP contribution in [0.1, 0.15) is 35.7 Å². The quantitative estimate of drug-likeness (QED) is 0.779. The van der Waals surface area contributed by atoms with Crippen molar-refractivity contribution in [1.29, 1.82) is 0 Å². The molecule has 0 bridgehead atoms. The van der Waals surface area contributed by atoms with Crippen molar-refractivity contribution in [3.63, 3.8) is 0 Å². The second-order valence-electron chi connectivity index (χ2n) is 3.38. The van der Waals surface area contributed by atoms with E-state index in [1.807, 2.05) is 0 Å². The summed E-state index contributed by atoms with van der Waals surface area (Å²) in [5.41, 5.74) is 4.66. The summed E-state index contributed by atoms with van der Waals surface area (Å²) in [7, 11) is 0. The van der Waals surface area contributed by atoms with Crippen LogP contribution in [-0.4, -0.2) is 5.91 Å². The van der Waals surface area contributed by atoms with Crippen molar-refractivity contribution in [2.24, 2.45) is 5.73 Å². The monoisotopic (exact) mass is 199 g/mol. The normalized spacial score (nSPS) is 10.6. The number of benzene rings is 1. The summed E-state index contributed by atoms with van der Waals surface area (Å²) in [4.78, 5) is 10.7. The highest BCUT2D eigenvalue weighted by atomic mass is 19.1. The molecule has 0 heterocycles. The number of primary amides is 1. The van der Waals surface area contributed by atoms with Gasteiger partial charge in [0.25, 0.3) is 5.91 Å². The van der Waals surface area contributed by atoms with Gasteiger partial charge in [-0.25, -0.2) is 8.78 Å². The summed E-state index contributed by atoms with van der Waals surface area (Å²) in [5, 5.41) is 0. The molecule has 0 atom stereocenters. The molecule has 1 rings (SSSR count). The van der Waals surface area contributed by atoms with E-state index in [-0.39, 0.29) is 5.92 Å². The number of hydrogen-bond acceptors (Lipinski definition) is 1. The molecule has 1 amide bonds. The van der Waals surface area contributed by atoms with E-state index in [9.17, 15) is 13.6 Å². The van der Waals surface area contributed by atoms with Crippen LogP contribution in [0.2, 0.25) is 0 Å². The van der Waals surface area contributed by atoms with Crippen LogP contribution < -0.4 is 5.73 Å². The second-order valence-corrected chi connectivity index (χ2v) is 3.38. The molecule has 4 heteroatoms. The fourth-order valence-electron chi connectivity index (χ4n) is 1.16. The Morgan fingerprint density at radius 2 is 1.71 bits per heavy atom. The Balaban J connectivity index is 3.32. The first-order valence-electron chi connectivity index (χ1n) is 4.22. The Labute approximate surface area is 80.7 Å². The first kappa shape index (κ1) is 10.6. The lowest BCUT2D eigenvalue weighted by Gasteiger charge is -2.07. The first-order valence-corrected chi connectivity index (χ1v) is 4.22. The van der Waals surface area contributed by atoms with Gasteiger partial charge in [-0.1, -0.05) is 13.8 Å². The van der Waals surface area contributed by atoms with E-state index >= 15 is 0 Å². The minimum atomic E-state index is -1.09.